The lowest BCUT2D eigenvalue weighted by atomic mass is 9.66. The van der Waals surface area contributed by atoms with Gasteiger partial charge in [-0.1, -0.05) is 13.8 Å². The third-order valence-electron chi connectivity index (χ3n) is 6.47. The summed E-state index contributed by atoms with van der Waals surface area (Å²) in [6, 6.07) is 4.59. The van der Waals surface area contributed by atoms with Crippen molar-refractivity contribution in [2.75, 3.05) is 0 Å². The summed E-state index contributed by atoms with van der Waals surface area (Å²) >= 11 is 0. The van der Waals surface area contributed by atoms with Gasteiger partial charge in [-0.2, -0.15) is 0 Å². The van der Waals surface area contributed by atoms with Crippen molar-refractivity contribution >= 4 is 10.8 Å². The zero-order chi connectivity index (χ0) is 18.0. The molecule has 1 saturated carbocycles. The predicted molar refractivity (Wildman–Crippen MR) is 105 cm³/mol. The Bertz CT molecular complexity index is 732. The molecule has 0 amide bonds. The summed E-state index contributed by atoms with van der Waals surface area (Å²) in [4.78, 5) is 4.24. The fourth-order valence-electron chi connectivity index (χ4n) is 4.63. The van der Waals surface area contributed by atoms with Crippen LogP contribution in [0, 0.1) is 19.3 Å². The Morgan fingerprint density at radius 2 is 2.00 bits per heavy atom. The summed E-state index contributed by atoms with van der Waals surface area (Å²) in [6.45, 7) is 8.81. The Kier molecular flexibility index (Phi) is 5.33. The van der Waals surface area contributed by atoms with Crippen molar-refractivity contribution in [2.45, 2.75) is 78.4 Å². The molecule has 1 aliphatic rings. The van der Waals surface area contributed by atoms with Crippen LogP contribution in [0.3, 0.4) is 0 Å². The van der Waals surface area contributed by atoms with Gasteiger partial charge >= 0.3 is 0 Å². The van der Waals surface area contributed by atoms with E-state index in [0.717, 1.165) is 25.0 Å². The van der Waals surface area contributed by atoms with Crippen LogP contribution in [-0.2, 0) is 0 Å². The number of nitrogens with zero attached hydrogens (tertiary/aromatic N) is 1. The SMILES string of the molecule is CC[C@H](N)C1(CC)CCC(Oc2c(C)cc3cnccc3c2C)CC1. The van der Waals surface area contributed by atoms with Crippen LogP contribution in [0.25, 0.3) is 10.8 Å². The van der Waals surface area contributed by atoms with Crippen LogP contribution < -0.4 is 10.5 Å². The van der Waals surface area contributed by atoms with Gasteiger partial charge in [0.25, 0.3) is 0 Å². The highest BCUT2D eigenvalue weighted by Gasteiger charge is 2.38. The number of nitrogens with two attached hydrogens (primary N) is 1. The lowest BCUT2D eigenvalue weighted by Gasteiger charge is -2.43. The fourth-order valence-corrected chi connectivity index (χ4v) is 4.63. The van der Waals surface area contributed by atoms with Crippen LogP contribution in [-0.4, -0.2) is 17.1 Å². The summed E-state index contributed by atoms with van der Waals surface area (Å²) in [5.74, 6) is 1.06. The summed E-state index contributed by atoms with van der Waals surface area (Å²) < 4.78 is 6.51. The molecule has 1 heterocycles. The number of fused-ring (bicyclic) bond motifs is 1. The molecular formula is C22H32N2O. The first-order chi connectivity index (χ1) is 12.0. The molecule has 0 aliphatic heterocycles. The first kappa shape index (κ1) is 18.2. The second-order valence-corrected chi connectivity index (χ2v) is 7.79. The zero-order valence-electron chi connectivity index (χ0n) is 16.1. The summed E-state index contributed by atoms with van der Waals surface area (Å²) in [5.41, 5.74) is 9.20. The fraction of sp³-hybridized carbons (Fsp3) is 0.591. The predicted octanol–water partition coefficient (Wildman–Crippen LogP) is 5.31. The van der Waals surface area contributed by atoms with E-state index < -0.39 is 0 Å². The quantitative estimate of drug-likeness (QED) is 0.802. The number of hydrogen-bond donors (Lipinski definition) is 1. The first-order valence-electron chi connectivity index (χ1n) is 9.77. The van der Waals surface area contributed by atoms with Gasteiger partial charge in [-0.25, -0.2) is 0 Å². The number of hydrogen-bond acceptors (Lipinski definition) is 3. The van der Waals surface area contributed by atoms with Crippen LogP contribution >= 0.6 is 0 Å². The van der Waals surface area contributed by atoms with Crippen molar-refractivity contribution in [1.29, 1.82) is 0 Å². The molecule has 1 aromatic heterocycles. The summed E-state index contributed by atoms with van der Waals surface area (Å²) in [6.07, 6.45) is 10.9. The summed E-state index contributed by atoms with van der Waals surface area (Å²) in [5, 5.41) is 2.43. The van der Waals surface area contributed by atoms with E-state index in [-0.39, 0.29) is 0 Å². The minimum Gasteiger partial charge on any atom is -0.490 e. The second-order valence-electron chi connectivity index (χ2n) is 7.79. The average Bonchev–Trinajstić information content (AvgIpc) is 2.65. The Hall–Kier alpha value is -1.61. The van der Waals surface area contributed by atoms with Crippen molar-refractivity contribution in [2.24, 2.45) is 11.1 Å². The Morgan fingerprint density at radius 3 is 2.64 bits per heavy atom. The molecular weight excluding hydrogens is 308 g/mol. The molecule has 25 heavy (non-hydrogen) atoms. The van der Waals surface area contributed by atoms with Crippen LogP contribution in [0.2, 0.25) is 0 Å². The van der Waals surface area contributed by atoms with Gasteiger partial charge in [0.1, 0.15) is 5.75 Å². The zero-order valence-corrected chi connectivity index (χ0v) is 16.1. The molecule has 2 aromatic rings. The van der Waals surface area contributed by atoms with Gasteiger partial charge < -0.3 is 10.5 Å². The van der Waals surface area contributed by atoms with E-state index in [0.29, 0.717) is 17.6 Å². The first-order valence-corrected chi connectivity index (χ1v) is 9.77. The molecule has 136 valence electrons. The van der Waals surface area contributed by atoms with E-state index >= 15 is 0 Å². The van der Waals surface area contributed by atoms with Crippen LogP contribution in [0.15, 0.2) is 24.5 Å². The Labute approximate surface area is 152 Å². The average molecular weight is 341 g/mol. The highest BCUT2D eigenvalue weighted by Crippen LogP contribution is 2.44. The minimum atomic E-state index is 0.306. The van der Waals surface area contributed by atoms with E-state index in [1.165, 1.54) is 41.2 Å². The third kappa shape index (κ3) is 3.39. The molecule has 0 saturated heterocycles. The lowest BCUT2D eigenvalue weighted by molar-refractivity contribution is 0.0562. The van der Waals surface area contributed by atoms with Gasteiger partial charge in [-0.05, 0) is 86.4 Å². The molecule has 0 unspecified atom stereocenters. The molecule has 3 nitrogen and oxygen atoms in total. The van der Waals surface area contributed by atoms with E-state index in [2.05, 4.69) is 44.8 Å². The van der Waals surface area contributed by atoms with Gasteiger partial charge in [0, 0.05) is 23.8 Å². The number of benzene rings is 1. The third-order valence-corrected chi connectivity index (χ3v) is 6.47. The van der Waals surface area contributed by atoms with Gasteiger partial charge in [0.2, 0.25) is 0 Å². The highest BCUT2D eigenvalue weighted by molar-refractivity contribution is 5.87. The van der Waals surface area contributed by atoms with E-state index in [9.17, 15) is 0 Å². The van der Waals surface area contributed by atoms with Crippen molar-refractivity contribution in [1.82, 2.24) is 4.98 Å². The molecule has 1 aromatic carbocycles. The van der Waals surface area contributed by atoms with Crippen LogP contribution in [0.4, 0.5) is 0 Å². The molecule has 2 N–H and O–H groups in total. The Morgan fingerprint density at radius 1 is 1.28 bits per heavy atom. The molecule has 1 fully saturated rings. The topological polar surface area (TPSA) is 48.1 Å². The Balaban J connectivity index is 1.77. The van der Waals surface area contributed by atoms with E-state index in [1.807, 2.05) is 12.4 Å². The number of ether oxygens (including phenoxy) is 1. The maximum absolute atomic E-state index is 6.51. The number of aromatic nitrogens is 1. The molecule has 3 rings (SSSR count). The van der Waals surface area contributed by atoms with Crippen LogP contribution in [0.5, 0.6) is 5.75 Å². The summed E-state index contributed by atoms with van der Waals surface area (Å²) in [7, 11) is 0. The molecule has 0 spiro atoms. The molecule has 1 aliphatic carbocycles. The molecule has 3 heteroatoms. The lowest BCUT2D eigenvalue weighted by Crippen LogP contribution is -2.45. The van der Waals surface area contributed by atoms with E-state index in [4.69, 9.17) is 10.5 Å². The molecule has 1 atom stereocenters. The number of aryl methyl sites for hydroxylation is 2. The second kappa shape index (κ2) is 7.33. The normalized spacial score (nSPS) is 25.1. The molecule has 0 radical (unpaired) electrons. The monoisotopic (exact) mass is 340 g/mol. The van der Waals surface area contributed by atoms with Crippen molar-refractivity contribution in [3.05, 3.63) is 35.7 Å². The van der Waals surface area contributed by atoms with Crippen molar-refractivity contribution < 1.29 is 4.74 Å². The largest absolute Gasteiger partial charge is 0.490 e. The van der Waals surface area contributed by atoms with Gasteiger partial charge in [-0.3, -0.25) is 4.98 Å². The number of pyridine rings is 1. The maximum atomic E-state index is 6.51. The van der Waals surface area contributed by atoms with E-state index in [1.54, 1.807) is 0 Å². The van der Waals surface area contributed by atoms with Crippen LogP contribution in [0.1, 0.15) is 63.5 Å². The number of rotatable bonds is 5. The standard InChI is InChI=1S/C22H32N2O/c1-5-20(23)22(6-2)10-7-18(8-11-22)25-21-15(3)13-17-14-24-12-9-19(17)16(21)4/h9,12-14,18,20H,5-8,10-11,23H2,1-4H3/t18?,20-,22?/m0/s1. The van der Waals surface area contributed by atoms with Gasteiger partial charge in [0.15, 0.2) is 0 Å². The maximum Gasteiger partial charge on any atom is 0.126 e. The minimum absolute atomic E-state index is 0.306. The highest BCUT2D eigenvalue weighted by atomic mass is 16.5. The van der Waals surface area contributed by atoms with Gasteiger partial charge in [-0.15, -0.1) is 0 Å². The van der Waals surface area contributed by atoms with Crippen molar-refractivity contribution in [3.63, 3.8) is 0 Å². The van der Waals surface area contributed by atoms with Crippen molar-refractivity contribution in [3.8, 4) is 5.75 Å². The smallest absolute Gasteiger partial charge is 0.126 e. The molecule has 0 bridgehead atoms. The van der Waals surface area contributed by atoms with Gasteiger partial charge in [0.05, 0.1) is 6.10 Å².